The standard InChI is InChI=1S/C17H18N4O4/c1-10-8-13(21(24)25)6-7-14(10)18-17(23)11(2)20-16(22)9-12-4-3-5-15(12)19-20/h6-9,11H,3-5H2,1-2H3,(H,18,23). The molecule has 1 N–H and O–H groups in total. The Labute approximate surface area is 143 Å². The highest BCUT2D eigenvalue weighted by molar-refractivity contribution is 5.94. The van der Waals surface area contributed by atoms with E-state index in [0.29, 0.717) is 11.3 Å². The van der Waals surface area contributed by atoms with Gasteiger partial charge in [0, 0.05) is 23.9 Å². The highest BCUT2D eigenvalue weighted by Gasteiger charge is 2.22. The zero-order valence-corrected chi connectivity index (χ0v) is 14.0. The monoisotopic (exact) mass is 342 g/mol. The highest BCUT2D eigenvalue weighted by atomic mass is 16.6. The minimum atomic E-state index is -0.784. The number of aromatic nitrogens is 2. The number of nitro benzene ring substituents is 1. The molecule has 2 aromatic rings. The molecule has 1 unspecified atom stereocenters. The van der Waals surface area contributed by atoms with Gasteiger partial charge in [-0.1, -0.05) is 0 Å². The second-order valence-electron chi connectivity index (χ2n) is 6.17. The summed E-state index contributed by atoms with van der Waals surface area (Å²) in [6.45, 7) is 3.28. The predicted octanol–water partition coefficient (Wildman–Crippen LogP) is 2.15. The summed E-state index contributed by atoms with van der Waals surface area (Å²) < 4.78 is 1.19. The van der Waals surface area contributed by atoms with Crippen molar-refractivity contribution >= 4 is 17.3 Å². The van der Waals surface area contributed by atoms with Crippen molar-refractivity contribution in [3.05, 3.63) is 61.6 Å². The molecule has 0 radical (unpaired) electrons. The average molecular weight is 342 g/mol. The molecule has 1 aromatic heterocycles. The van der Waals surface area contributed by atoms with Crippen LogP contribution in [-0.2, 0) is 17.6 Å². The van der Waals surface area contributed by atoms with Crippen LogP contribution in [0.1, 0.15) is 36.2 Å². The van der Waals surface area contributed by atoms with E-state index in [2.05, 4.69) is 10.4 Å². The van der Waals surface area contributed by atoms with Gasteiger partial charge in [0.1, 0.15) is 6.04 Å². The number of nitro groups is 1. The number of carbonyl (C=O) groups is 1. The molecule has 3 rings (SSSR count). The predicted molar refractivity (Wildman–Crippen MR) is 91.7 cm³/mol. The molecule has 0 saturated heterocycles. The van der Waals surface area contributed by atoms with Crippen molar-refractivity contribution in [1.29, 1.82) is 0 Å². The van der Waals surface area contributed by atoms with Crippen LogP contribution >= 0.6 is 0 Å². The van der Waals surface area contributed by atoms with Gasteiger partial charge in [0.05, 0.1) is 10.6 Å². The van der Waals surface area contributed by atoms with Gasteiger partial charge in [-0.05, 0) is 50.3 Å². The smallest absolute Gasteiger partial charge is 0.269 e. The van der Waals surface area contributed by atoms with E-state index in [1.54, 1.807) is 19.9 Å². The Hall–Kier alpha value is -3.03. The maximum atomic E-state index is 12.5. The summed E-state index contributed by atoms with van der Waals surface area (Å²) >= 11 is 0. The van der Waals surface area contributed by atoms with Gasteiger partial charge in [-0.15, -0.1) is 0 Å². The molecule has 8 nitrogen and oxygen atoms in total. The van der Waals surface area contributed by atoms with E-state index in [1.165, 1.54) is 22.9 Å². The molecule has 0 spiro atoms. The average Bonchev–Trinajstić information content (AvgIpc) is 3.02. The lowest BCUT2D eigenvalue weighted by Crippen LogP contribution is -2.34. The Morgan fingerprint density at radius 3 is 2.80 bits per heavy atom. The molecule has 0 bridgehead atoms. The van der Waals surface area contributed by atoms with E-state index >= 15 is 0 Å². The fourth-order valence-corrected chi connectivity index (χ4v) is 2.94. The zero-order valence-electron chi connectivity index (χ0n) is 14.0. The molecule has 8 heteroatoms. The highest BCUT2D eigenvalue weighted by Crippen LogP contribution is 2.22. The third-order valence-corrected chi connectivity index (χ3v) is 4.41. The Balaban J connectivity index is 1.82. The van der Waals surface area contributed by atoms with E-state index in [1.807, 2.05) is 0 Å². The zero-order chi connectivity index (χ0) is 18.1. The molecule has 1 atom stereocenters. The molecular formula is C17H18N4O4. The number of rotatable bonds is 4. The SMILES string of the molecule is Cc1cc([N+](=O)[O-])ccc1NC(=O)C(C)n1nc2c(cc1=O)CCC2. The number of nitrogens with zero attached hydrogens (tertiary/aromatic N) is 3. The molecule has 25 heavy (non-hydrogen) atoms. The lowest BCUT2D eigenvalue weighted by Gasteiger charge is -2.16. The third-order valence-electron chi connectivity index (χ3n) is 4.41. The van der Waals surface area contributed by atoms with Gasteiger partial charge in [-0.25, -0.2) is 4.68 Å². The van der Waals surface area contributed by atoms with Crippen LogP contribution in [0.25, 0.3) is 0 Å². The molecular weight excluding hydrogens is 324 g/mol. The number of hydrogen-bond acceptors (Lipinski definition) is 5. The van der Waals surface area contributed by atoms with Crippen molar-refractivity contribution in [2.75, 3.05) is 5.32 Å². The summed E-state index contributed by atoms with van der Waals surface area (Å²) in [5.74, 6) is -0.399. The quantitative estimate of drug-likeness (QED) is 0.676. The van der Waals surface area contributed by atoms with Crippen molar-refractivity contribution in [3.8, 4) is 0 Å². The van der Waals surface area contributed by atoms with Gasteiger partial charge in [0.15, 0.2) is 0 Å². The number of nitrogens with one attached hydrogen (secondary N) is 1. The summed E-state index contributed by atoms with van der Waals surface area (Å²) in [6, 6.07) is 4.97. The molecule has 130 valence electrons. The molecule has 1 aromatic carbocycles. The third kappa shape index (κ3) is 3.28. The Bertz CT molecular complexity index is 919. The molecule has 0 fully saturated rings. The van der Waals surface area contributed by atoms with E-state index in [9.17, 15) is 19.7 Å². The minimum Gasteiger partial charge on any atom is -0.324 e. The van der Waals surface area contributed by atoms with Gasteiger partial charge in [0.2, 0.25) is 5.91 Å². The van der Waals surface area contributed by atoms with E-state index in [-0.39, 0.29) is 11.2 Å². The Morgan fingerprint density at radius 2 is 2.12 bits per heavy atom. The number of aryl methyl sites for hydroxylation is 3. The van der Waals surface area contributed by atoms with Crippen LogP contribution in [-0.4, -0.2) is 20.6 Å². The topological polar surface area (TPSA) is 107 Å². The van der Waals surface area contributed by atoms with Gasteiger partial charge < -0.3 is 5.32 Å². The van der Waals surface area contributed by atoms with Crippen LogP contribution in [0.5, 0.6) is 0 Å². The van der Waals surface area contributed by atoms with E-state index in [0.717, 1.165) is 30.5 Å². The van der Waals surface area contributed by atoms with Crippen LogP contribution in [0, 0.1) is 17.0 Å². The van der Waals surface area contributed by atoms with Crippen molar-refractivity contribution in [2.45, 2.75) is 39.2 Å². The maximum absolute atomic E-state index is 12.5. The largest absolute Gasteiger partial charge is 0.324 e. The minimum absolute atomic E-state index is 0.0416. The van der Waals surface area contributed by atoms with E-state index in [4.69, 9.17) is 0 Å². The number of fused-ring (bicyclic) bond motifs is 1. The van der Waals surface area contributed by atoms with Gasteiger partial charge in [-0.2, -0.15) is 5.10 Å². The van der Waals surface area contributed by atoms with Crippen molar-refractivity contribution < 1.29 is 9.72 Å². The first-order valence-electron chi connectivity index (χ1n) is 8.04. The fourth-order valence-electron chi connectivity index (χ4n) is 2.94. The summed E-state index contributed by atoms with van der Waals surface area (Å²) in [5, 5.41) is 17.8. The van der Waals surface area contributed by atoms with Gasteiger partial charge in [-0.3, -0.25) is 19.7 Å². The summed E-state index contributed by atoms with van der Waals surface area (Å²) in [6.07, 6.45) is 2.63. The molecule has 1 amide bonds. The van der Waals surface area contributed by atoms with Gasteiger partial charge in [0.25, 0.3) is 11.2 Å². The molecule has 1 aliphatic carbocycles. The first-order valence-corrected chi connectivity index (χ1v) is 8.04. The number of non-ortho nitro benzene ring substituents is 1. The van der Waals surface area contributed by atoms with Crippen LogP contribution in [0.15, 0.2) is 29.1 Å². The lowest BCUT2D eigenvalue weighted by atomic mass is 10.1. The number of anilines is 1. The lowest BCUT2D eigenvalue weighted by molar-refractivity contribution is -0.384. The number of amides is 1. The second kappa shape index (κ2) is 6.46. The first kappa shape index (κ1) is 16.8. The first-order chi connectivity index (χ1) is 11.9. The van der Waals surface area contributed by atoms with Crippen molar-refractivity contribution in [1.82, 2.24) is 9.78 Å². The summed E-state index contributed by atoms with van der Waals surface area (Å²) in [7, 11) is 0. The Kier molecular flexibility index (Phi) is 4.35. The van der Waals surface area contributed by atoms with Crippen molar-refractivity contribution in [2.24, 2.45) is 0 Å². The maximum Gasteiger partial charge on any atom is 0.269 e. The summed E-state index contributed by atoms with van der Waals surface area (Å²) in [4.78, 5) is 35.0. The van der Waals surface area contributed by atoms with Crippen molar-refractivity contribution in [3.63, 3.8) is 0 Å². The number of hydrogen-bond donors (Lipinski definition) is 1. The molecule has 0 aliphatic heterocycles. The normalized spacial score (nSPS) is 14.0. The summed E-state index contributed by atoms with van der Waals surface area (Å²) in [5.41, 5.74) is 2.52. The van der Waals surface area contributed by atoms with Crippen LogP contribution < -0.4 is 10.9 Å². The molecule has 1 heterocycles. The fraction of sp³-hybridized carbons (Fsp3) is 0.353. The second-order valence-corrected chi connectivity index (χ2v) is 6.17. The van der Waals surface area contributed by atoms with Crippen LogP contribution in [0.2, 0.25) is 0 Å². The molecule has 1 aliphatic rings. The number of benzene rings is 1. The Morgan fingerprint density at radius 1 is 1.36 bits per heavy atom. The van der Waals surface area contributed by atoms with Crippen LogP contribution in [0.4, 0.5) is 11.4 Å². The number of carbonyl (C=O) groups excluding carboxylic acids is 1. The van der Waals surface area contributed by atoms with Crippen LogP contribution in [0.3, 0.4) is 0 Å². The molecule has 0 saturated carbocycles. The van der Waals surface area contributed by atoms with E-state index < -0.39 is 16.9 Å². The van der Waals surface area contributed by atoms with Gasteiger partial charge >= 0.3 is 0 Å².